The molecule has 102 valence electrons. The second kappa shape index (κ2) is 5.93. The number of ketones is 1. The minimum absolute atomic E-state index is 0.0935. The molecule has 1 aromatic carbocycles. The number of rotatable bonds is 4. The molecule has 0 spiro atoms. The van der Waals surface area contributed by atoms with Crippen LogP contribution in [0.2, 0.25) is 0 Å². The van der Waals surface area contributed by atoms with E-state index in [-0.39, 0.29) is 24.1 Å². The minimum Gasteiger partial charge on any atom is -0.368 e. The summed E-state index contributed by atoms with van der Waals surface area (Å²) in [6, 6.07) is 4.16. The predicted octanol–water partition coefficient (Wildman–Crippen LogP) is 1.61. The SMILES string of the molecule is Cc1cc(C(=O)CNC(=O)C2CCCO2)ccc1F. The van der Waals surface area contributed by atoms with Crippen LogP contribution < -0.4 is 5.32 Å². The average molecular weight is 265 g/mol. The molecule has 0 aromatic heterocycles. The molecule has 1 aliphatic rings. The Bertz CT molecular complexity index is 495. The highest BCUT2D eigenvalue weighted by Gasteiger charge is 2.23. The molecule has 5 heteroatoms. The highest BCUT2D eigenvalue weighted by molar-refractivity contribution is 5.99. The van der Waals surface area contributed by atoms with E-state index in [9.17, 15) is 14.0 Å². The summed E-state index contributed by atoms with van der Waals surface area (Å²) >= 11 is 0. The molecule has 4 nitrogen and oxygen atoms in total. The average Bonchev–Trinajstić information content (AvgIpc) is 2.92. The van der Waals surface area contributed by atoms with Crippen LogP contribution in [0.3, 0.4) is 0 Å². The summed E-state index contributed by atoms with van der Waals surface area (Å²) in [6.07, 6.45) is 1.11. The zero-order valence-electron chi connectivity index (χ0n) is 10.7. The molecule has 19 heavy (non-hydrogen) atoms. The first-order valence-electron chi connectivity index (χ1n) is 6.26. The van der Waals surface area contributed by atoms with E-state index in [1.807, 2.05) is 0 Å². The Morgan fingerprint density at radius 2 is 2.26 bits per heavy atom. The molecular formula is C14H16FNO3. The van der Waals surface area contributed by atoms with Crippen LogP contribution in [-0.4, -0.2) is 30.9 Å². The quantitative estimate of drug-likeness (QED) is 0.841. The Morgan fingerprint density at radius 1 is 1.47 bits per heavy atom. The zero-order valence-corrected chi connectivity index (χ0v) is 10.7. The summed E-state index contributed by atoms with van der Waals surface area (Å²) in [7, 11) is 0. The highest BCUT2D eigenvalue weighted by Crippen LogP contribution is 2.12. The van der Waals surface area contributed by atoms with Crippen LogP contribution in [0.5, 0.6) is 0 Å². The largest absolute Gasteiger partial charge is 0.368 e. The molecule has 1 N–H and O–H groups in total. The van der Waals surface area contributed by atoms with Gasteiger partial charge in [0.25, 0.3) is 0 Å². The van der Waals surface area contributed by atoms with Crippen molar-refractivity contribution in [2.24, 2.45) is 0 Å². The molecule has 1 atom stereocenters. The molecule has 0 bridgehead atoms. The first-order valence-corrected chi connectivity index (χ1v) is 6.26. The standard InChI is InChI=1S/C14H16FNO3/c1-9-7-10(4-5-11(9)15)12(17)8-16-14(18)13-3-2-6-19-13/h4-5,7,13H,2-3,6,8H2,1H3,(H,16,18). The van der Waals surface area contributed by atoms with Crippen molar-refractivity contribution in [1.82, 2.24) is 5.32 Å². The Hall–Kier alpha value is -1.75. The Kier molecular flexibility index (Phi) is 4.27. The first-order chi connectivity index (χ1) is 9.08. The molecule has 1 saturated heterocycles. The highest BCUT2D eigenvalue weighted by atomic mass is 19.1. The monoisotopic (exact) mass is 265 g/mol. The molecule has 1 aliphatic heterocycles. The number of carbonyl (C=O) groups is 2. The van der Waals surface area contributed by atoms with Crippen LogP contribution in [0, 0.1) is 12.7 Å². The van der Waals surface area contributed by atoms with E-state index in [4.69, 9.17) is 4.74 Å². The van der Waals surface area contributed by atoms with E-state index < -0.39 is 6.10 Å². The van der Waals surface area contributed by atoms with Crippen molar-refractivity contribution < 1.29 is 18.7 Å². The number of carbonyl (C=O) groups excluding carboxylic acids is 2. The lowest BCUT2D eigenvalue weighted by molar-refractivity contribution is -0.129. The van der Waals surface area contributed by atoms with Crippen molar-refractivity contribution in [3.8, 4) is 0 Å². The van der Waals surface area contributed by atoms with Gasteiger partial charge in [-0.1, -0.05) is 0 Å². The number of amides is 1. The van der Waals surface area contributed by atoms with Gasteiger partial charge in [0.2, 0.25) is 5.91 Å². The predicted molar refractivity (Wildman–Crippen MR) is 67.5 cm³/mol. The molecule has 1 amide bonds. The molecule has 0 aliphatic carbocycles. The van der Waals surface area contributed by atoms with Crippen molar-refractivity contribution in [1.29, 1.82) is 0 Å². The van der Waals surface area contributed by atoms with Crippen molar-refractivity contribution in [3.05, 3.63) is 35.1 Å². The van der Waals surface area contributed by atoms with E-state index in [2.05, 4.69) is 5.32 Å². The fourth-order valence-electron chi connectivity index (χ4n) is 1.99. The summed E-state index contributed by atoms with van der Waals surface area (Å²) in [5.41, 5.74) is 0.808. The van der Waals surface area contributed by atoms with Gasteiger partial charge >= 0.3 is 0 Å². The van der Waals surface area contributed by atoms with E-state index in [0.717, 1.165) is 6.42 Å². The van der Waals surface area contributed by atoms with E-state index >= 15 is 0 Å². The summed E-state index contributed by atoms with van der Waals surface area (Å²) in [5.74, 6) is -0.848. The Morgan fingerprint density at radius 3 is 2.89 bits per heavy atom. The molecule has 1 fully saturated rings. The van der Waals surface area contributed by atoms with Crippen molar-refractivity contribution in [2.45, 2.75) is 25.9 Å². The van der Waals surface area contributed by atoms with Gasteiger partial charge in [0.15, 0.2) is 5.78 Å². The number of hydrogen-bond acceptors (Lipinski definition) is 3. The van der Waals surface area contributed by atoms with Crippen molar-refractivity contribution >= 4 is 11.7 Å². The molecule has 0 radical (unpaired) electrons. The van der Waals surface area contributed by atoms with Gasteiger partial charge < -0.3 is 10.1 Å². The van der Waals surface area contributed by atoms with Gasteiger partial charge in [0.05, 0.1) is 6.54 Å². The summed E-state index contributed by atoms with van der Waals surface area (Å²) in [5, 5.41) is 2.55. The van der Waals surface area contributed by atoms with E-state index in [0.29, 0.717) is 24.2 Å². The van der Waals surface area contributed by atoms with Gasteiger partial charge in [0.1, 0.15) is 11.9 Å². The number of nitrogens with one attached hydrogen (secondary N) is 1. The smallest absolute Gasteiger partial charge is 0.249 e. The molecule has 1 aromatic rings. The van der Waals surface area contributed by atoms with Gasteiger partial charge in [-0.25, -0.2) is 4.39 Å². The van der Waals surface area contributed by atoms with Crippen molar-refractivity contribution in [2.75, 3.05) is 13.2 Å². The molecular weight excluding hydrogens is 249 g/mol. The van der Waals surface area contributed by atoms with Gasteiger partial charge in [-0.2, -0.15) is 0 Å². The molecule has 0 saturated carbocycles. The van der Waals surface area contributed by atoms with E-state index in [1.54, 1.807) is 6.92 Å². The van der Waals surface area contributed by atoms with Crippen LogP contribution in [0.25, 0.3) is 0 Å². The lowest BCUT2D eigenvalue weighted by atomic mass is 10.1. The van der Waals surface area contributed by atoms with Gasteiger partial charge in [-0.15, -0.1) is 0 Å². The number of Topliss-reactive ketones (excluding diaryl/α,β-unsaturated/α-hetero) is 1. The fraction of sp³-hybridized carbons (Fsp3) is 0.429. The normalized spacial score (nSPS) is 18.3. The third-order valence-electron chi connectivity index (χ3n) is 3.13. The maximum atomic E-state index is 13.1. The van der Waals surface area contributed by atoms with Gasteiger partial charge in [-0.05, 0) is 43.5 Å². The number of ether oxygens (including phenoxy) is 1. The number of halogens is 1. The van der Waals surface area contributed by atoms with E-state index in [1.165, 1.54) is 18.2 Å². The number of aryl methyl sites for hydroxylation is 1. The van der Waals surface area contributed by atoms with Gasteiger partial charge in [-0.3, -0.25) is 9.59 Å². The van der Waals surface area contributed by atoms with Crippen LogP contribution in [-0.2, 0) is 9.53 Å². The van der Waals surface area contributed by atoms with Crippen LogP contribution in [0.4, 0.5) is 4.39 Å². The molecule has 1 heterocycles. The lowest BCUT2D eigenvalue weighted by Gasteiger charge is -2.10. The van der Waals surface area contributed by atoms with Crippen LogP contribution >= 0.6 is 0 Å². The summed E-state index contributed by atoms with van der Waals surface area (Å²) < 4.78 is 18.3. The van der Waals surface area contributed by atoms with Crippen LogP contribution in [0.15, 0.2) is 18.2 Å². The zero-order chi connectivity index (χ0) is 13.8. The maximum absolute atomic E-state index is 13.1. The maximum Gasteiger partial charge on any atom is 0.249 e. The first kappa shape index (κ1) is 13.7. The lowest BCUT2D eigenvalue weighted by Crippen LogP contribution is -2.37. The Labute approximate surface area is 110 Å². The third kappa shape index (κ3) is 3.38. The van der Waals surface area contributed by atoms with Crippen LogP contribution in [0.1, 0.15) is 28.8 Å². The molecule has 1 unspecified atom stereocenters. The number of hydrogen-bond donors (Lipinski definition) is 1. The topological polar surface area (TPSA) is 55.4 Å². The summed E-state index contributed by atoms with van der Waals surface area (Å²) in [4.78, 5) is 23.5. The number of benzene rings is 1. The second-order valence-electron chi connectivity index (χ2n) is 4.61. The minimum atomic E-state index is -0.442. The Balaban J connectivity index is 1.90. The second-order valence-corrected chi connectivity index (χ2v) is 4.61. The summed E-state index contributed by atoms with van der Waals surface area (Å²) in [6.45, 7) is 2.09. The molecule has 2 rings (SSSR count). The van der Waals surface area contributed by atoms with Crippen molar-refractivity contribution in [3.63, 3.8) is 0 Å². The third-order valence-corrected chi connectivity index (χ3v) is 3.13. The fourth-order valence-corrected chi connectivity index (χ4v) is 1.99. The van der Waals surface area contributed by atoms with Gasteiger partial charge in [0, 0.05) is 12.2 Å².